The molecule has 0 aliphatic rings. The zero-order valence-corrected chi connectivity index (χ0v) is 10.8. The smallest absolute Gasteiger partial charge is 0.162 e. The number of aromatic hydroxyl groups is 1. The molecule has 94 valence electrons. The van der Waals surface area contributed by atoms with Gasteiger partial charge in [-0.15, -0.1) is 0 Å². The van der Waals surface area contributed by atoms with Gasteiger partial charge in [0.2, 0.25) is 0 Å². The summed E-state index contributed by atoms with van der Waals surface area (Å²) in [6.07, 6.45) is 2.25. The second kappa shape index (κ2) is 5.31. The molecule has 1 N–H and O–H groups in total. The molecule has 17 heavy (non-hydrogen) atoms. The van der Waals surface area contributed by atoms with Gasteiger partial charge < -0.3 is 5.11 Å². The van der Waals surface area contributed by atoms with Gasteiger partial charge in [-0.05, 0) is 24.6 Å². The van der Waals surface area contributed by atoms with Crippen molar-refractivity contribution in [3.63, 3.8) is 0 Å². The molecular formula is C12H16O4S. The summed E-state index contributed by atoms with van der Waals surface area (Å²) in [6, 6.07) is 4.33. The summed E-state index contributed by atoms with van der Waals surface area (Å²) < 4.78 is 22.3. The van der Waals surface area contributed by atoms with E-state index in [0.717, 1.165) is 12.7 Å². The molecule has 0 heterocycles. The molecule has 4 nitrogen and oxygen atoms in total. The lowest BCUT2D eigenvalue weighted by Gasteiger charge is -2.06. The molecule has 0 aliphatic heterocycles. The number of ketones is 1. The maximum atomic E-state index is 11.6. The van der Waals surface area contributed by atoms with E-state index in [2.05, 4.69) is 0 Å². The van der Waals surface area contributed by atoms with Gasteiger partial charge in [-0.2, -0.15) is 0 Å². The molecule has 0 aliphatic carbocycles. The first-order chi connectivity index (χ1) is 7.83. The van der Waals surface area contributed by atoms with Gasteiger partial charge in [0.05, 0.1) is 5.75 Å². The summed E-state index contributed by atoms with van der Waals surface area (Å²) in [4.78, 5) is 11.6. The third-order valence-corrected chi connectivity index (χ3v) is 3.13. The quantitative estimate of drug-likeness (QED) is 0.817. The SMILES string of the molecule is CCCC(=O)c1ccc(O)c(CS(C)(=O)=O)c1. The van der Waals surface area contributed by atoms with Gasteiger partial charge in [0.25, 0.3) is 0 Å². The molecule has 0 saturated heterocycles. The Morgan fingerprint density at radius 2 is 2.00 bits per heavy atom. The van der Waals surface area contributed by atoms with Crippen molar-refractivity contribution in [1.29, 1.82) is 0 Å². The Bertz CT molecular complexity index is 517. The number of phenolic OH excluding ortho intramolecular Hbond substituents is 1. The van der Waals surface area contributed by atoms with Crippen molar-refractivity contribution in [2.45, 2.75) is 25.5 Å². The second-order valence-corrected chi connectivity index (χ2v) is 6.23. The Balaban J connectivity index is 3.06. The molecule has 0 spiro atoms. The minimum Gasteiger partial charge on any atom is -0.508 e. The number of hydrogen-bond acceptors (Lipinski definition) is 4. The van der Waals surface area contributed by atoms with Gasteiger partial charge >= 0.3 is 0 Å². The topological polar surface area (TPSA) is 71.4 Å². The van der Waals surface area contributed by atoms with Crippen LogP contribution in [0.2, 0.25) is 0 Å². The largest absolute Gasteiger partial charge is 0.508 e. The monoisotopic (exact) mass is 256 g/mol. The van der Waals surface area contributed by atoms with E-state index in [1.165, 1.54) is 18.2 Å². The highest BCUT2D eigenvalue weighted by molar-refractivity contribution is 7.89. The van der Waals surface area contributed by atoms with Crippen molar-refractivity contribution in [3.8, 4) is 5.75 Å². The molecule has 5 heteroatoms. The summed E-state index contributed by atoms with van der Waals surface area (Å²) in [5.74, 6) is -0.391. The summed E-state index contributed by atoms with van der Waals surface area (Å²) >= 11 is 0. The highest BCUT2D eigenvalue weighted by atomic mass is 32.2. The number of carbonyl (C=O) groups excluding carboxylic acids is 1. The minimum atomic E-state index is -3.23. The Hall–Kier alpha value is -1.36. The van der Waals surface area contributed by atoms with Crippen LogP contribution in [0.5, 0.6) is 5.75 Å². The van der Waals surface area contributed by atoms with E-state index < -0.39 is 9.84 Å². The number of rotatable bonds is 5. The standard InChI is InChI=1S/C12H16O4S/c1-3-4-11(13)9-5-6-12(14)10(7-9)8-17(2,15)16/h5-7,14H,3-4,8H2,1-2H3. The highest BCUT2D eigenvalue weighted by Gasteiger charge is 2.12. The van der Waals surface area contributed by atoms with Crippen molar-refractivity contribution in [1.82, 2.24) is 0 Å². The van der Waals surface area contributed by atoms with Crippen molar-refractivity contribution in [2.75, 3.05) is 6.26 Å². The molecule has 1 aromatic rings. The molecule has 1 rings (SSSR count). The van der Waals surface area contributed by atoms with E-state index in [4.69, 9.17) is 0 Å². The van der Waals surface area contributed by atoms with Crippen LogP contribution in [0.25, 0.3) is 0 Å². The van der Waals surface area contributed by atoms with Crippen LogP contribution >= 0.6 is 0 Å². The van der Waals surface area contributed by atoms with Crippen LogP contribution in [0, 0.1) is 0 Å². The lowest BCUT2D eigenvalue weighted by atomic mass is 10.0. The van der Waals surface area contributed by atoms with Crippen LogP contribution in [-0.4, -0.2) is 25.6 Å². The fourth-order valence-corrected chi connectivity index (χ4v) is 2.32. The van der Waals surface area contributed by atoms with Crippen LogP contribution in [0.3, 0.4) is 0 Å². The van der Waals surface area contributed by atoms with Gasteiger partial charge in [0.15, 0.2) is 15.6 Å². The zero-order valence-electron chi connectivity index (χ0n) is 9.93. The maximum absolute atomic E-state index is 11.6. The van der Waals surface area contributed by atoms with E-state index in [1.54, 1.807) is 0 Å². The maximum Gasteiger partial charge on any atom is 0.162 e. The number of benzene rings is 1. The molecule has 1 aromatic carbocycles. The van der Waals surface area contributed by atoms with Crippen molar-refractivity contribution >= 4 is 15.6 Å². The summed E-state index contributed by atoms with van der Waals surface area (Å²) in [6.45, 7) is 1.90. The average Bonchev–Trinajstić information content (AvgIpc) is 2.19. The number of carbonyl (C=O) groups is 1. The summed E-state index contributed by atoms with van der Waals surface area (Å²) in [5, 5.41) is 9.53. The van der Waals surface area contributed by atoms with Crippen LogP contribution < -0.4 is 0 Å². The number of hydrogen-bond donors (Lipinski definition) is 1. The third kappa shape index (κ3) is 4.19. The zero-order chi connectivity index (χ0) is 13.1. The van der Waals surface area contributed by atoms with E-state index in [9.17, 15) is 18.3 Å². The van der Waals surface area contributed by atoms with Gasteiger partial charge in [0, 0.05) is 23.8 Å². The van der Waals surface area contributed by atoms with Crippen molar-refractivity contribution in [2.24, 2.45) is 0 Å². The van der Waals surface area contributed by atoms with Gasteiger partial charge in [0.1, 0.15) is 5.75 Å². The second-order valence-electron chi connectivity index (χ2n) is 4.09. The molecule has 0 saturated carbocycles. The van der Waals surface area contributed by atoms with Crippen LogP contribution in [0.4, 0.5) is 0 Å². The Morgan fingerprint density at radius 1 is 1.35 bits per heavy atom. The average molecular weight is 256 g/mol. The van der Waals surface area contributed by atoms with E-state index in [1.807, 2.05) is 6.92 Å². The van der Waals surface area contributed by atoms with Crippen molar-refractivity contribution in [3.05, 3.63) is 29.3 Å². The summed E-state index contributed by atoms with van der Waals surface area (Å²) in [5.41, 5.74) is 0.720. The Labute approximate surface area is 101 Å². The van der Waals surface area contributed by atoms with E-state index in [-0.39, 0.29) is 22.8 Å². The first-order valence-corrected chi connectivity index (χ1v) is 7.42. The highest BCUT2D eigenvalue weighted by Crippen LogP contribution is 2.21. The first-order valence-electron chi connectivity index (χ1n) is 5.36. The van der Waals surface area contributed by atoms with E-state index in [0.29, 0.717) is 12.0 Å². The fraction of sp³-hybridized carbons (Fsp3) is 0.417. The Morgan fingerprint density at radius 3 is 2.53 bits per heavy atom. The Kier molecular flexibility index (Phi) is 4.28. The molecule has 0 bridgehead atoms. The first kappa shape index (κ1) is 13.7. The molecule has 0 aromatic heterocycles. The molecule has 0 fully saturated rings. The van der Waals surface area contributed by atoms with Gasteiger partial charge in [-0.3, -0.25) is 4.79 Å². The third-order valence-electron chi connectivity index (χ3n) is 2.30. The fourth-order valence-electron chi connectivity index (χ4n) is 1.53. The molecule has 0 unspecified atom stereocenters. The molecule has 0 amide bonds. The van der Waals surface area contributed by atoms with Gasteiger partial charge in [-0.1, -0.05) is 6.92 Å². The predicted molar refractivity (Wildman–Crippen MR) is 65.9 cm³/mol. The predicted octanol–water partition coefficient (Wildman–Crippen LogP) is 1.92. The normalized spacial score (nSPS) is 11.4. The number of phenols is 1. The number of Topliss-reactive ketones (excluding diaryl/α,β-unsaturated/α-hetero) is 1. The molecule has 0 radical (unpaired) electrons. The molecule has 0 atom stereocenters. The summed E-state index contributed by atoms with van der Waals surface area (Å²) in [7, 11) is -3.23. The lowest BCUT2D eigenvalue weighted by Crippen LogP contribution is -2.04. The van der Waals surface area contributed by atoms with Gasteiger partial charge in [-0.25, -0.2) is 8.42 Å². The minimum absolute atomic E-state index is 0.0396. The molecular weight excluding hydrogens is 240 g/mol. The lowest BCUT2D eigenvalue weighted by molar-refractivity contribution is 0.0981. The van der Waals surface area contributed by atoms with E-state index >= 15 is 0 Å². The number of sulfone groups is 1. The van der Waals surface area contributed by atoms with Crippen LogP contribution in [-0.2, 0) is 15.6 Å². The van der Waals surface area contributed by atoms with Crippen LogP contribution in [0.1, 0.15) is 35.7 Å². The van der Waals surface area contributed by atoms with Crippen LogP contribution in [0.15, 0.2) is 18.2 Å². The van der Waals surface area contributed by atoms with Crippen molar-refractivity contribution < 1.29 is 18.3 Å².